The predicted molar refractivity (Wildman–Crippen MR) is 78.3 cm³/mol. The van der Waals surface area contributed by atoms with E-state index in [1.165, 1.54) is 9.75 Å². The quantitative estimate of drug-likeness (QED) is 0.878. The number of hydrogen-bond donors (Lipinski definition) is 1. The fourth-order valence-corrected chi connectivity index (χ4v) is 2.60. The lowest BCUT2D eigenvalue weighted by atomic mass is 10.2. The van der Waals surface area contributed by atoms with Crippen LogP contribution >= 0.6 is 35.3 Å². The third-order valence-corrected chi connectivity index (χ3v) is 3.74. The molecule has 0 fully saturated rings. The first-order chi connectivity index (χ1) is 7.75. The third kappa shape index (κ3) is 4.32. The van der Waals surface area contributed by atoms with Crippen LogP contribution in [0.5, 0.6) is 0 Å². The second kappa shape index (κ2) is 7.02. The molecule has 2 rings (SSSR count). The lowest BCUT2D eigenvalue weighted by Crippen LogP contribution is -2.11. The zero-order valence-corrected chi connectivity index (χ0v) is 12.0. The summed E-state index contributed by atoms with van der Waals surface area (Å²) in [6, 6.07) is 12.3. The van der Waals surface area contributed by atoms with Gasteiger partial charge in [-0.15, -0.1) is 23.7 Å². The zero-order valence-electron chi connectivity index (χ0n) is 9.57. The molecule has 0 saturated carbocycles. The monoisotopic (exact) mass is 287 g/mol. The maximum absolute atomic E-state index is 6.07. The molecule has 1 aromatic heterocycles. The molecule has 1 N–H and O–H groups in total. The minimum absolute atomic E-state index is 0. The van der Waals surface area contributed by atoms with Crippen molar-refractivity contribution < 1.29 is 0 Å². The molecule has 0 amide bonds. The van der Waals surface area contributed by atoms with Crippen LogP contribution in [-0.2, 0) is 13.1 Å². The van der Waals surface area contributed by atoms with E-state index >= 15 is 0 Å². The van der Waals surface area contributed by atoms with Gasteiger partial charge in [0.1, 0.15) is 0 Å². The van der Waals surface area contributed by atoms with Gasteiger partial charge in [0, 0.05) is 27.9 Å². The third-order valence-electron chi connectivity index (χ3n) is 2.37. The molecule has 17 heavy (non-hydrogen) atoms. The molecule has 0 atom stereocenters. The lowest BCUT2D eigenvalue weighted by molar-refractivity contribution is 0.701. The predicted octanol–water partition coefficient (Wildman–Crippen LogP) is 4.42. The first-order valence-electron chi connectivity index (χ1n) is 5.25. The van der Waals surface area contributed by atoms with Crippen LogP contribution in [-0.4, -0.2) is 0 Å². The number of thiophene rings is 1. The Balaban J connectivity index is 0.00000144. The molecule has 0 aliphatic rings. The average Bonchev–Trinajstić information content (AvgIpc) is 2.67. The Kier molecular flexibility index (Phi) is 6.00. The fraction of sp³-hybridized carbons (Fsp3) is 0.231. The first-order valence-corrected chi connectivity index (χ1v) is 6.44. The molecule has 0 radical (unpaired) electrons. The van der Waals surface area contributed by atoms with Crippen LogP contribution in [0.25, 0.3) is 0 Å². The van der Waals surface area contributed by atoms with Gasteiger partial charge in [-0.1, -0.05) is 29.8 Å². The van der Waals surface area contributed by atoms with Gasteiger partial charge in [-0.25, -0.2) is 0 Å². The second-order valence-electron chi connectivity index (χ2n) is 3.71. The van der Waals surface area contributed by atoms with Crippen molar-refractivity contribution in [2.75, 3.05) is 0 Å². The van der Waals surface area contributed by atoms with Gasteiger partial charge in [0.15, 0.2) is 0 Å². The van der Waals surface area contributed by atoms with Gasteiger partial charge in [-0.05, 0) is 30.7 Å². The molecule has 2 aromatic rings. The molecular formula is C13H15Cl2NS. The highest BCUT2D eigenvalue weighted by Gasteiger charge is 1.99. The van der Waals surface area contributed by atoms with Gasteiger partial charge in [0.05, 0.1) is 0 Å². The molecule has 0 spiro atoms. The summed E-state index contributed by atoms with van der Waals surface area (Å²) < 4.78 is 0. The molecular weight excluding hydrogens is 273 g/mol. The van der Waals surface area contributed by atoms with Crippen molar-refractivity contribution in [1.82, 2.24) is 5.32 Å². The van der Waals surface area contributed by atoms with E-state index < -0.39 is 0 Å². The van der Waals surface area contributed by atoms with Gasteiger partial charge in [0.2, 0.25) is 0 Å². The van der Waals surface area contributed by atoms with E-state index in [2.05, 4.69) is 30.4 Å². The molecule has 0 unspecified atom stereocenters. The van der Waals surface area contributed by atoms with Crippen molar-refractivity contribution in [2.45, 2.75) is 20.0 Å². The van der Waals surface area contributed by atoms with Gasteiger partial charge < -0.3 is 5.32 Å². The zero-order chi connectivity index (χ0) is 11.4. The molecule has 0 saturated heterocycles. The minimum atomic E-state index is 0. The highest BCUT2D eigenvalue weighted by atomic mass is 35.5. The molecule has 0 aliphatic carbocycles. The Morgan fingerprint density at radius 2 is 1.88 bits per heavy atom. The van der Waals surface area contributed by atoms with Crippen LogP contribution in [0.4, 0.5) is 0 Å². The van der Waals surface area contributed by atoms with Crippen LogP contribution in [0.15, 0.2) is 36.4 Å². The topological polar surface area (TPSA) is 12.0 Å². The Morgan fingerprint density at radius 3 is 2.53 bits per heavy atom. The Morgan fingerprint density at radius 1 is 1.12 bits per heavy atom. The van der Waals surface area contributed by atoms with Crippen molar-refractivity contribution in [3.63, 3.8) is 0 Å². The van der Waals surface area contributed by atoms with Gasteiger partial charge in [-0.3, -0.25) is 0 Å². The number of aryl methyl sites for hydroxylation is 1. The van der Waals surface area contributed by atoms with Gasteiger partial charge >= 0.3 is 0 Å². The lowest BCUT2D eigenvalue weighted by Gasteiger charge is -2.05. The van der Waals surface area contributed by atoms with Crippen molar-refractivity contribution in [1.29, 1.82) is 0 Å². The normalized spacial score (nSPS) is 10.0. The van der Waals surface area contributed by atoms with E-state index in [1.54, 1.807) is 0 Å². The number of nitrogens with one attached hydrogen (secondary N) is 1. The van der Waals surface area contributed by atoms with E-state index in [4.69, 9.17) is 11.6 Å². The molecule has 1 heterocycles. The number of rotatable bonds is 4. The van der Waals surface area contributed by atoms with Crippen LogP contribution in [0.3, 0.4) is 0 Å². The molecule has 92 valence electrons. The summed E-state index contributed by atoms with van der Waals surface area (Å²) in [6.45, 7) is 3.85. The van der Waals surface area contributed by atoms with Crippen LogP contribution in [0.2, 0.25) is 5.02 Å². The number of hydrogen-bond acceptors (Lipinski definition) is 2. The standard InChI is InChI=1S/C13H14ClNS.ClH/c1-10-6-7-12(16-10)9-15-8-11-4-2-3-5-13(11)14;/h2-7,15H,8-9H2,1H3;1H. The number of benzene rings is 1. The summed E-state index contributed by atoms with van der Waals surface area (Å²) >= 11 is 7.90. The van der Waals surface area contributed by atoms with E-state index in [9.17, 15) is 0 Å². The van der Waals surface area contributed by atoms with Crippen LogP contribution in [0, 0.1) is 6.92 Å². The molecule has 0 bridgehead atoms. The molecule has 0 aliphatic heterocycles. The SMILES string of the molecule is Cc1ccc(CNCc2ccccc2Cl)s1.Cl. The van der Waals surface area contributed by atoms with Crippen LogP contribution in [0.1, 0.15) is 15.3 Å². The molecule has 4 heteroatoms. The summed E-state index contributed by atoms with van der Waals surface area (Å²) in [7, 11) is 0. The van der Waals surface area contributed by atoms with E-state index in [-0.39, 0.29) is 12.4 Å². The maximum atomic E-state index is 6.07. The van der Waals surface area contributed by atoms with Crippen LogP contribution < -0.4 is 5.32 Å². The summed E-state index contributed by atoms with van der Waals surface area (Å²) in [5.41, 5.74) is 1.15. The second-order valence-corrected chi connectivity index (χ2v) is 5.49. The summed E-state index contributed by atoms with van der Waals surface area (Å²) in [6.07, 6.45) is 0. The smallest absolute Gasteiger partial charge is 0.0450 e. The maximum Gasteiger partial charge on any atom is 0.0450 e. The van der Waals surface area contributed by atoms with E-state index in [1.807, 2.05) is 29.5 Å². The first kappa shape index (κ1) is 14.5. The van der Waals surface area contributed by atoms with E-state index in [0.29, 0.717) is 0 Å². The van der Waals surface area contributed by atoms with Crippen molar-refractivity contribution >= 4 is 35.3 Å². The Labute approximate surface area is 117 Å². The van der Waals surface area contributed by atoms with E-state index in [0.717, 1.165) is 23.7 Å². The summed E-state index contributed by atoms with van der Waals surface area (Å²) in [5, 5.41) is 4.23. The average molecular weight is 288 g/mol. The highest BCUT2D eigenvalue weighted by molar-refractivity contribution is 7.11. The van der Waals surface area contributed by atoms with Gasteiger partial charge in [-0.2, -0.15) is 0 Å². The molecule has 1 nitrogen and oxygen atoms in total. The number of halogens is 2. The van der Waals surface area contributed by atoms with Crippen molar-refractivity contribution in [3.05, 3.63) is 56.7 Å². The van der Waals surface area contributed by atoms with Gasteiger partial charge in [0.25, 0.3) is 0 Å². The Hall–Kier alpha value is -0.540. The Bertz CT molecular complexity index is 468. The molecule has 1 aromatic carbocycles. The van der Waals surface area contributed by atoms with Crippen molar-refractivity contribution in [3.8, 4) is 0 Å². The highest BCUT2D eigenvalue weighted by Crippen LogP contribution is 2.16. The fourth-order valence-electron chi connectivity index (χ4n) is 1.54. The summed E-state index contributed by atoms with van der Waals surface area (Å²) in [5.74, 6) is 0. The minimum Gasteiger partial charge on any atom is -0.308 e. The largest absolute Gasteiger partial charge is 0.308 e. The summed E-state index contributed by atoms with van der Waals surface area (Å²) in [4.78, 5) is 2.72. The van der Waals surface area contributed by atoms with Crippen molar-refractivity contribution in [2.24, 2.45) is 0 Å².